The van der Waals surface area contributed by atoms with E-state index in [1.54, 1.807) is 17.0 Å². The Kier molecular flexibility index (Phi) is 5.09. The summed E-state index contributed by atoms with van der Waals surface area (Å²) in [5, 5.41) is 3.36. The van der Waals surface area contributed by atoms with E-state index in [0.29, 0.717) is 19.1 Å². The first-order valence-corrected chi connectivity index (χ1v) is 7.12. The summed E-state index contributed by atoms with van der Waals surface area (Å²) in [4.78, 5) is 16.3. The number of amides is 1. The van der Waals surface area contributed by atoms with Crippen LogP contribution in [0.25, 0.3) is 0 Å². The van der Waals surface area contributed by atoms with Crippen LogP contribution < -0.4 is 10.2 Å². The highest BCUT2D eigenvalue weighted by atomic mass is 19.1. The SMILES string of the molecule is CCN(C(=O)CN1CCNC(C)C1)c1ccc(F)cc1. The molecule has 1 N–H and O–H groups in total. The quantitative estimate of drug-likeness (QED) is 0.906. The molecule has 1 atom stereocenters. The predicted octanol–water partition coefficient (Wildman–Crippen LogP) is 1.47. The van der Waals surface area contributed by atoms with Gasteiger partial charge in [0.2, 0.25) is 5.91 Å². The Hall–Kier alpha value is -1.46. The molecule has 1 aliphatic rings. The summed E-state index contributed by atoms with van der Waals surface area (Å²) in [6, 6.07) is 6.49. The molecule has 1 amide bonds. The van der Waals surface area contributed by atoms with Gasteiger partial charge >= 0.3 is 0 Å². The van der Waals surface area contributed by atoms with Crippen molar-refractivity contribution in [2.75, 3.05) is 37.6 Å². The first-order chi connectivity index (χ1) is 9.60. The molecule has 1 heterocycles. The molecule has 0 bridgehead atoms. The monoisotopic (exact) mass is 279 g/mol. The van der Waals surface area contributed by atoms with Crippen LogP contribution in [0.2, 0.25) is 0 Å². The lowest BCUT2D eigenvalue weighted by atomic mass is 10.2. The maximum Gasteiger partial charge on any atom is 0.241 e. The second-order valence-corrected chi connectivity index (χ2v) is 5.20. The van der Waals surface area contributed by atoms with Crippen LogP contribution >= 0.6 is 0 Å². The average Bonchev–Trinajstić information content (AvgIpc) is 2.42. The second-order valence-electron chi connectivity index (χ2n) is 5.20. The lowest BCUT2D eigenvalue weighted by Crippen LogP contribution is -2.52. The molecule has 2 rings (SSSR count). The summed E-state index contributed by atoms with van der Waals surface area (Å²) in [5.41, 5.74) is 0.752. The van der Waals surface area contributed by atoms with E-state index in [9.17, 15) is 9.18 Å². The molecule has 1 aliphatic heterocycles. The maximum absolute atomic E-state index is 13.0. The Morgan fingerprint density at radius 2 is 2.15 bits per heavy atom. The number of halogens is 1. The van der Waals surface area contributed by atoms with Gasteiger partial charge in [-0.15, -0.1) is 0 Å². The molecule has 4 nitrogen and oxygen atoms in total. The van der Waals surface area contributed by atoms with Gasteiger partial charge in [0, 0.05) is 37.9 Å². The normalized spacial score (nSPS) is 19.9. The van der Waals surface area contributed by atoms with Crippen molar-refractivity contribution in [2.24, 2.45) is 0 Å². The molecule has 0 radical (unpaired) electrons. The molecule has 0 aromatic heterocycles. The Morgan fingerprint density at radius 1 is 1.45 bits per heavy atom. The van der Waals surface area contributed by atoms with Crippen molar-refractivity contribution >= 4 is 11.6 Å². The highest BCUT2D eigenvalue weighted by molar-refractivity contribution is 5.94. The van der Waals surface area contributed by atoms with Crippen molar-refractivity contribution < 1.29 is 9.18 Å². The fraction of sp³-hybridized carbons (Fsp3) is 0.533. The average molecular weight is 279 g/mol. The fourth-order valence-electron chi connectivity index (χ4n) is 2.56. The number of hydrogen-bond donors (Lipinski definition) is 1. The van der Waals surface area contributed by atoms with Crippen LogP contribution in [0.15, 0.2) is 24.3 Å². The van der Waals surface area contributed by atoms with Crippen LogP contribution in [0, 0.1) is 5.82 Å². The number of rotatable bonds is 4. The van der Waals surface area contributed by atoms with E-state index in [-0.39, 0.29) is 11.7 Å². The van der Waals surface area contributed by atoms with E-state index in [1.165, 1.54) is 12.1 Å². The zero-order valence-electron chi connectivity index (χ0n) is 12.1. The van der Waals surface area contributed by atoms with Crippen LogP contribution in [-0.4, -0.2) is 49.6 Å². The summed E-state index contributed by atoms with van der Waals surface area (Å²) in [7, 11) is 0. The van der Waals surface area contributed by atoms with E-state index in [4.69, 9.17) is 0 Å². The Morgan fingerprint density at radius 3 is 2.75 bits per heavy atom. The predicted molar refractivity (Wildman–Crippen MR) is 78.3 cm³/mol. The molecule has 1 unspecified atom stereocenters. The standard InChI is InChI=1S/C15H22FN3O/c1-3-19(14-6-4-13(16)5-7-14)15(20)11-18-9-8-17-12(2)10-18/h4-7,12,17H,3,8-11H2,1-2H3. The highest BCUT2D eigenvalue weighted by Crippen LogP contribution is 2.15. The highest BCUT2D eigenvalue weighted by Gasteiger charge is 2.21. The summed E-state index contributed by atoms with van der Waals surface area (Å²) in [6.45, 7) is 7.74. The number of anilines is 1. The summed E-state index contributed by atoms with van der Waals surface area (Å²) < 4.78 is 13.0. The van der Waals surface area contributed by atoms with Crippen molar-refractivity contribution in [3.05, 3.63) is 30.1 Å². The molecule has 1 aromatic carbocycles. The minimum absolute atomic E-state index is 0.0632. The Balaban J connectivity index is 2.00. The number of likely N-dealkylation sites (N-methyl/N-ethyl adjacent to an activating group) is 1. The van der Waals surface area contributed by atoms with E-state index in [1.807, 2.05) is 6.92 Å². The fourth-order valence-corrected chi connectivity index (χ4v) is 2.56. The van der Waals surface area contributed by atoms with Crippen molar-refractivity contribution in [1.29, 1.82) is 0 Å². The minimum Gasteiger partial charge on any atom is -0.312 e. The van der Waals surface area contributed by atoms with Crippen LogP contribution in [0.4, 0.5) is 10.1 Å². The number of carbonyl (C=O) groups excluding carboxylic acids is 1. The molecular weight excluding hydrogens is 257 g/mol. The van der Waals surface area contributed by atoms with E-state index in [0.717, 1.165) is 25.3 Å². The lowest BCUT2D eigenvalue weighted by molar-refractivity contribution is -0.119. The van der Waals surface area contributed by atoms with Gasteiger partial charge in [-0.1, -0.05) is 0 Å². The van der Waals surface area contributed by atoms with Crippen molar-refractivity contribution in [2.45, 2.75) is 19.9 Å². The number of nitrogens with one attached hydrogen (secondary N) is 1. The van der Waals surface area contributed by atoms with E-state index < -0.39 is 0 Å². The topological polar surface area (TPSA) is 35.6 Å². The van der Waals surface area contributed by atoms with Crippen molar-refractivity contribution in [1.82, 2.24) is 10.2 Å². The van der Waals surface area contributed by atoms with Gasteiger partial charge in [0.25, 0.3) is 0 Å². The van der Waals surface area contributed by atoms with Crippen LogP contribution in [0.1, 0.15) is 13.8 Å². The molecule has 20 heavy (non-hydrogen) atoms. The molecule has 0 aliphatic carbocycles. The molecule has 5 heteroatoms. The van der Waals surface area contributed by atoms with Crippen LogP contribution in [0.3, 0.4) is 0 Å². The molecule has 1 fully saturated rings. The first kappa shape index (κ1) is 14.9. The van der Waals surface area contributed by atoms with E-state index >= 15 is 0 Å². The van der Waals surface area contributed by atoms with Gasteiger partial charge in [-0.3, -0.25) is 9.69 Å². The molecular formula is C15H22FN3O. The molecule has 0 saturated carbocycles. The molecule has 0 spiro atoms. The summed E-state index contributed by atoms with van der Waals surface area (Å²) >= 11 is 0. The Labute approximate surface area is 119 Å². The van der Waals surface area contributed by atoms with Gasteiger partial charge < -0.3 is 10.2 Å². The summed E-state index contributed by atoms with van der Waals surface area (Å²) in [6.07, 6.45) is 0. The van der Waals surface area contributed by atoms with Crippen molar-refractivity contribution in [3.8, 4) is 0 Å². The number of nitrogens with zero attached hydrogens (tertiary/aromatic N) is 2. The summed E-state index contributed by atoms with van der Waals surface area (Å²) in [5.74, 6) is -0.221. The van der Waals surface area contributed by atoms with Gasteiger partial charge in [0.1, 0.15) is 5.82 Å². The van der Waals surface area contributed by atoms with Crippen molar-refractivity contribution in [3.63, 3.8) is 0 Å². The third-order valence-electron chi connectivity index (χ3n) is 3.57. The van der Waals surface area contributed by atoms with Gasteiger partial charge in [0.15, 0.2) is 0 Å². The number of piperazine rings is 1. The molecule has 1 aromatic rings. The van der Waals surface area contributed by atoms with Crippen LogP contribution in [-0.2, 0) is 4.79 Å². The van der Waals surface area contributed by atoms with Gasteiger partial charge in [0.05, 0.1) is 6.54 Å². The largest absolute Gasteiger partial charge is 0.312 e. The lowest BCUT2D eigenvalue weighted by Gasteiger charge is -2.33. The maximum atomic E-state index is 13.0. The van der Waals surface area contributed by atoms with Gasteiger partial charge in [-0.05, 0) is 38.1 Å². The minimum atomic E-state index is -0.284. The zero-order chi connectivity index (χ0) is 14.5. The first-order valence-electron chi connectivity index (χ1n) is 7.12. The Bertz CT molecular complexity index is 449. The second kappa shape index (κ2) is 6.81. The number of hydrogen-bond acceptors (Lipinski definition) is 3. The van der Waals surface area contributed by atoms with Crippen LogP contribution in [0.5, 0.6) is 0 Å². The third-order valence-corrected chi connectivity index (χ3v) is 3.57. The molecule has 1 saturated heterocycles. The number of carbonyl (C=O) groups is 1. The third kappa shape index (κ3) is 3.77. The smallest absolute Gasteiger partial charge is 0.241 e. The van der Waals surface area contributed by atoms with Gasteiger partial charge in [-0.25, -0.2) is 4.39 Å². The number of benzene rings is 1. The molecule has 110 valence electrons. The van der Waals surface area contributed by atoms with E-state index in [2.05, 4.69) is 17.1 Å². The van der Waals surface area contributed by atoms with Gasteiger partial charge in [-0.2, -0.15) is 0 Å². The zero-order valence-corrected chi connectivity index (χ0v) is 12.1.